The Balaban J connectivity index is 1.95. The van der Waals surface area contributed by atoms with Gasteiger partial charge in [0, 0.05) is 5.56 Å². The van der Waals surface area contributed by atoms with Crippen molar-refractivity contribution in [3.63, 3.8) is 0 Å². The Hall–Kier alpha value is -2.67. The molecule has 1 aromatic heterocycles. The lowest BCUT2D eigenvalue weighted by atomic mass is 10.1. The number of hydrogen-bond donors (Lipinski definition) is 0. The van der Waals surface area contributed by atoms with Crippen LogP contribution in [0.2, 0.25) is 0 Å². The monoisotopic (exact) mass is 279 g/mol. The van der Waals surface area contributed by atoms with Crippen molar-refractivity contribution in [1.29, 1.82) is 5.26 Å². The average Bonchev–Trinajstić information content (AvgIpc) is 2.55. The smallest absolute Gasteiger partial charge is 0.159 e. The van der Waals surface area contributed by atoms with E-state index >= 15 is 0 Å². The molecule has 21 heavy (non-hydrogen) atoms. The van der Waals surface area contributed by atoms with E-state index in [1.54, 1.807) is 24.5 Å². The molecular weight excluding hydrogens is 262 g/mol. The first-order valence-corrected chi connectivity index (χ1v) is 6.94. The van der Waals surface area contributed by atoms with E-state index in [1.807, 2.05) is 12.1 Å². The van der Waals surface area contributed by atoms with Gasteiger partial charge >= 0.3 is 0 Å². The minimum atomic E-state index is 0.621. The number of rotatable bonds is 6. The summed E-state index contributed by atoms with van der Waals surface area (Å²) in [6.45, 7) is 2.73. The van der Waals surface area contributed by atoms with E-state index in [4.69, 9.17) is 10.00 Å². The van der Waals surface area contributed by atoms with Crippen molar-refractivity contribution < 1.29 is 4.74 Å². The molecule has 4 heteroatoms. The second-order valence-corrected chi connectivity index (χ2v) is 4.45. The van der Waals surface area contributed by atoms with Crippen LogP contribution in [0, 0.1) is 11.3 Å². The Morgan fingerprint density at radius 1 is 1.14 bits per heavy atom. The molecule has 0 amide bonds. The number of benzene rings is 1. The number of aromatic nitrogens is 2. The minimum absolute atomic E-state index is 0.621. The van der Waals surface area contributed by atoms with Gasteiger partial charge in [0.1, 0.15) is 0 Å². The number of nitriles is 1. The molecule has 0 bridgehead atoms. The predicted octanol–water partition coefficient (Wildman–Crippen LogP) is 3.75. The summed E-state index contributed by atoms with van der Waals surface area (Å²) in [4.78, 5) is 8.56. The first kappa shape index (κ1) is 14.7. The molecule has 2 aromatic rings. The lowest BCUT2D eigenvalue weighted by molar-refractivity contribution is 0.322. The molecule has 1 heterocycles. The zero-order valence-corrected chi connectivity index (χ0v) is 12.0. The van der Waals surface area contributed by atoms with Crippen molar-refractivity contribution in [2.75, 3.05) is 6.61 Å². The van der Waals surface area contributed by atoms with E-state index in [0.717, 1.165) is 18.4 Å². The molecule has 0 aliphatic heterocycles. The molecule has 0 N–H and O–H groups in total. The maximum atomic E-state index is 8.77. The molecule has 0 aliphatic carbocycles. The maximum Gasteiger partial charge on any atom is 0.159 e. The maximum absolute atomic E-state index is 8.77. The highest BCUT2D eigenvalue weighted by molar-refractivity contribution is 5.56. The fourth-order valence-electron chi connectivity index (χ4n) is 1.76. The quantitative estimate of drug-likeness (QED) is 0.597. The van der Waals surface area contributed by atoms with Crippen molar-refractivity contribution in [2.45, 2.75) is 19.8 Å². The molecule has 0 unspecified atom stereocenters. The Kier molecular flexibility index (Phi) is 5.48. The van der Waals surface area contributed by atoms with E-state index < -0.39 is 0 Å². The fraction of sp³-hybridized carbons (Fsp3) is 0.235. The summed E-state index contributed by atoms with van der Waals surface area (Å²) >= 11 is 0. The summed E-state index contributed by atoms with van der Waals surface area (Å²) in [5.41, 5.74) is 1.50. The summed E-state index contributed by atoms with van der Waals surface area (Å²) in [6, 6.07) is 9.27. The van der Waals surface area contributed by atoms with E-state index in [-0.39, 0.29) is 0 Å². The number of ether oxygens (including phenoxy) is 1. The van der Waals surface area contributed by atoms with Crippen LogP contribution in [0.4, 0.5) is 0 Å². The van der Waals surface area contributed by atoms with Crippen molar-refractivity contribution in [2.24, 2.45) is 0 Å². The number of allylic oxidation sites excluding steroid dienone is 1. The molecule has 2 rings (SSSR count). The summed E-state index contributed by atoms with van der Waals surface area (Å²) in [5.74, 6) is 1.29. The van der Waals surface area contributed by atoms with Crippen LogP contribution >= 0.6 is 0 Å². The Bertz CT molecular complexity index is 625. The SMILES string of the molecule is CCC=CCCOc1cnc(-c2ccc(C#N)cc2)nc1. The molecule has 4 nitrogen and oxygen atoms in total. The standard InChI is InChI=1S/C17H17N3O/c1-2-3-4-5-10-21-16-12-19-17(20-13-16)15-8-6-14(11-18)7-9-15/h3-4,6-9,12-13H,2,5,10H2,1H3. The second kappa shape index (κ2) is 7.81. The number of hydrogen-bond acceptors (Lipinski definition) is 4. The lowest BCUT2D eigenvalue weighted by Gasteiger charge is -2.05. The largest absolute Gasteiger partial charge is 0.490 e. The summed E-state index contributed by atoms with van der Waals surface area (Å²) in [7, 11) is 0. The van der Waals surface area contributed by atoms with Crippen LogP contribution in [0.1, 0.15) is 25.3 Å². The van der Waals surface area contributed by atoms with Gasteiger partial charge < -0.3 is 4.74 Å². The van der Waals surface area contributed by atoms with Crippen molar-refractivity contribution >= 4 is 0 Å². The van der Waals surface area contributed by atoms with Gasteiger partial charge in [-0.1, -0.05) is 19.1 Å². The number of nitrogens with zero attached hydrogens (tertiary/aromatic N) is 3. The van der Waals surface area contributed by atoms with Crippen LogP contribution in [0.3, 0.4) is 0 Å². The van der Waals surface area contributed by atoms with Gasteiger partial charge in [-0.15, -0.1) is 0 Å². The van der Waals surface area contributed by atoms with Crippen LogP contribution in [0.25, 0.3) is 11.4 Å². The van der Waals surface area contributed by atoms with Crippen LogP contribution in [-0.2, 0) is 0 Å². The molecule has 0 atom stereocenters. The third-order valence-electron chi connectivity index (χ3n) is 2.86. The van der Waals surface area contributed by atoms with Gasteiger partial charge in [0.15, 0.2) is 11.6 Å². The molecule has 0 fully saturated rings. The molecule has 0 radical (unpaired) electrons. The molecule has 0 spiro atoms. The van der Waals surface area contributed by atoms with Gasteiger partial charge in [-0.3, -0.25) is 0 Å². The normalized spacial score (nSPS) is 10.5. The Labute approximate surface area is 124 Å². The van der Waals surface area contributed by atoms with Crippen molar-refractivity contribution in [3.8, 4) is 23.2 Å². The summed E-state index contributed by atoms with van der Waals surface area (Å²) < 4.78 is 5.56. The average molecular weight is 279 g/mol. The van der Waals surface area contributed by atoms with Gasteiger partial charge in [-0.05, 0) is 37.1 Å². The molecule has 0 saturated heterocycles. The first-order chi connectivity index (χ1) is 10.3. The highest BCUT2D eigenvalue weighted by Crippen LogP contribution is 2.17. The molecule has 1 aromatic carbocycles. The highest BCUT2D eigenvalue weighted by Gasteiger charge is 2.02. The summed E-state index contributed by atoms with van der Waals surface area (Å²) in [6.07, 6.45) is 9.49. The minimum Gasteiger partial charge on any atom is -0.490 e. The van der Waals surface area contributed by atoms with Crippen LogP contribution in [0.15, 0.2) is 48.8 Å². The van der Waals surface area contributed by atoms with E-state index in [1.165, 1.54) is 0 Å². The van der Waals surface area contributed by atoms with E-state index in [0.29, 0.717) is 23.7 Å². The Morgan fingerprint density at radius 2 is 1.86 bits per heavy atom. The van der Waals surface area contributed by atoms with Crippen LogP contribution in [0.5, 0.6) is 5.75 Å². The summed E-state index contributed by atoms with van der Waals surface area (Å²) in [5, 5.41) is 8.77. The highest BCUT2D eigenvalue weighted by atomic mass is 16.5. The predicted molar refractivity (Wildman–Crippen MR) is 81.7 cm³/mol. The zero-order chi connectivity index (χ0) is 14.9. The molecule has 0 aliphatic rings. The van der Waals surface area contributed by atoms with Gasteiger partial charge in [0.2, 0.25) is 0 Å². The van der Waals surface area contributed by atoms with E-state index in [2.05, 4.69) is 35.1 Å². The van der Waals surface area contributed by atoms with Gasteiger partial charge in [-0.25, -0.2) is 9.97 Å². The third-order valence-corrected chi connectivity index (χ3v) is 2.86. The first-order valence-electron chi connectivity index (χ1n) is 6.94. The lowest BCUT2D eigenvalue weighted by Crippen LogP contribution is -1.97. The van der Waals surface area contributed by atoms with Crippen molar-refractivity contribution in [3.05, 3.63) is 54.4 Å². The van der Waals surface area contributed by atoms with Gasteiger partial charge in [0.25, 0.3) is 0 Å². The van der Waals surface area contributed by atoms with Crippen LogP contribution < -0.4 is 4.74 Å². The fourth-order valence-corrected chi connectivity index (χ4v) is 1.76. The van der Waals surface area contributed by atoms with Crippen LogP contribution in [-0.4, -0.2) is 16.6 Å². The third kappa shape index (κ3) is 4.43. The molecular formula is C17H17N3O. The topological polar surface area (TPSA) is 58.8 Å². The van der Waals surface area contributed by atoms with Gasteiger partial charge in [0.05, 0.1) is 30.6 Å². The van der Waals surface area contributed by atoms with E-state index in [9.17, 15) is 0 Å². The zero-order valence-electron chi connectivity index (χ0n) is 12.0. The second-order valence-electron chi connectivity index (χ2n) is 4.45. The van der Waals surface area contributed by atoms with Gasteiger partial charge in [-0.2, -0.15) is 5.26 Å². The molecule has 0 saturated carbocycles. The van der Waals surface area contributed by atoms with Crippen molar-refractivity contribution in [1.82, 2.24) is 9.97 Å². The Morgan fingerprint density at radius 3 is 2.48 bits per heavy atom. The molecule has 106 valence electrons.